The molecule has 0 spiro atoms. The van der Waals surface area contributed by atoms with Gasteiger partial charge in [0.05, 0.1) is 19.3 Å². The van der Waals surface area contributed by atoms with E-state index in [2.05, 4.69) is 4.98 Å². The third-order valence-electron chi connectivity index (χ3n) is 5.61. The fourth-order valence-corrected chi connectivity index (χ4v) is 4.24. The van der Waals surface area contributed by atoms with Gasteiger partial charge in [-0.2, -0.15) is 5.26 Å². The highest BCUT2D eigenvalue weighted by atomic mass is 16.5. The molecule has 0 aliphatic carbocycles. The number of rotatable bonds is 8. The van der Waals surface area contributed by atoms with Gasteiger partial charge in [-0.25, -0.2) is 0 Å². The molecule has 168 valence electrons. The molecule has 1 aliphatic rings. The van der Waals surface area contributed by atoms with E-state index in [4.69, 9.17) is 10.5 Å². The van der Waals surface area contributed by atoms with Gasteiger partial charge >= 0.3 is 0 Å². The van der Waals surface area contributed by atoms with E-state index in [0.29, 0.717) is 26.3 Å². The standard InChI is InChI=1S/C24H29N5O3/c1-17-13-18(2)15-19(14-17)16-21(23(26)30)29(8-5-25)24(31)22(20-3-6-27-7-4-20)28-9-11-32-12-10-28/h3-4,6-7,13-15,21-22H,8-12,16H2,1-2H3,(H2,26,30)/t21-,22?/m0/s1. The van der Waals surface area contributed by atoms with Crippen molar-refractivity contribution in [2.24, 2.45) is 5.73 Å². The van der Waals surface area contributed by atoms with Crippen molar-refractivity contribution in [2.45, 2.75) is 32.4 Å². The first-order valence-corrected chi connectivity index (χ1v) is 10.7. The Morgan fingerprint density at radius 3 is 2.38 bits per heavy atom. The molecule has 1 unspecified atom stereocenters. The van der Waals surface area contributed by atoms with E-state index in [9.17, 15) is 14.9 Å². The molecule has 0 saturated carbocycles. The van der Waals surface area contributed by atoms with Gasteiger partial charge in [-0.15, -0.1) is 0 Å². The lowest BCUT2D eigenvalue weighted by Crippen LogP contribution is -2.54. The zero-order chi connectivity index (χ0) is 23.1. The van der Waals surface area contributed by atoms with E-state index in [1.807, 2.05) is 43.0 Å². The number of nitriles is 1. The Balaban J connectivity index is 1.97. The maximum atomic E-state index is 13.9. The van der Waals surface area contributed by atoms with Crippen LogP contribution in [-0.2, 0) is 20.7 Å². The highest BCUT2D eigenvalue weighted by molar-refractivity contribution is 5.90. The smallest absolute Gasteiger partial charge is 0.246 e. The van der Waals surface area contributed by atoms with Crippen molar-refractivity contribution in [3.63, 3.8) is 0 Å². The predicted octanol–water partition coefficient (Wildman–Crippen LogP) is 1.52. The molecule has 2 amide bonds. The number of carbonyl (C=O) groups is 2. The molecule has 1 saturated heterocycles. The van der Waals surface area contributed by atoms with Crippen molar-refractivity contribution in [2.75, 3.05) is 32.8 Å². The number of amides is 2. The summed E-state index contributed by atoms with van der Waals surface area (Å²) in [5.74, 6) is -0.962. The number of aromatic nitrogens is 1. The number of nitrogens with two attached hydrogens (primary N) is 1. The van der Waals surface area contributed by atoms with E-state index < -0.39 is 18.0 Å². The normalized spacial score (nSPS) is 16.0. The topological polar surface area (TPSA) is 113 Å². The molecule has 2 N–H and O–H groups in total. The van der Waals surface area contributed by atoms with Gasteiger partial charge in [0, 0.05) is 31.9 Å². The molecule has 2 aromatic rings. The SMILES string of the molecule is Cc1cc(C)cc(C[C@@H](C(N)=O)N(CC#N)C(=O)C(c2ccncc2)N2CCOCC2)c1. The molecule has 32 heavy (non-hydrogen) atoms. The number of pyridine rings is 1. The number of primary amides is 1. The number of hydrogen-bond acceptors (Lipinski definition) is 6. The molecule has 0 radical (unpaired) electrons. The van der Waals surface area contributed by atoms with Crippen LogP contribution in [0, 0.1) is 25.2 Å². The number of morpholine rings is 1. The summed E-state index contributed by atoms with van der Waals surface area (Å²) >= 11 is 0. The minimum atomic E-state index is -0.936. The summed E-state index contributed by atoms with van der Waals surface area (Å²) in [5.41, 5.74) is 9.53. The summed E-state index contributed by atoms with van der Waals surface area (Å²) in [7, 11) is 0. The van der Waals surface area contributed by atoms with Gasteiger partial charge in [0.15, 0.2) is 0 Å². The van der Waals surface area contributed by atoms with Crippen molar-refractivity contribution >= 4 is 11.8 Å². The van der Waals surface area contributed by atoms with Crippen LogP contribution in [0.3, 0.4) is 0 Å². The van der Waals surface area contributed by atoms with Gasteiger partial charge in [-0.3, -0.25) is 19.5 Å². The van der Waals surface area contributed by atoms with Gasteiger partial charge in [-0.05, 0) is 37.1 Å². The number of aryl methyl sites for hydroxylation is 2. The van der Waals surface area contributed by atoms with E-state index in [0.717, 1.165) is 22.3 Å². The molecular weight excluding hydrogens is 406 g/mol. The van der Waals surface area contributed by atoms with Crippen molar-refractivity contribution in [3.8, 4) is 6.07 Å². The van der Waals surface area contributed by atoms with E-state index in [1.54, 1.807) is 24.5 Å². The predicted molar refractivity (Wildman–Crippen MR) is 119 cm³/mol. The minimum absolute atomic E-state index is 0.233. The van der Waals surface area contributed by atoms with Gasteiger partial charge < -0.3 is 15.4 Å². The maximum absolute atomic E-state index is 13.9. The third-order valence-corrected chi connectivity index (χ3v) is 5.61. The van der Waals surface area contributed by atoms with Crippen LogP contribution in [0.25, 0.3) is 0 Å². The third kappa shape index (κ3) is 5.69. The summed E-state index contributed by atoms with van der Waals surface area (Å²) in [6.07, 6.45) is 3.51. The van der Waals surface area contributed by atoms with Crippen molar-refractivity contribution in [3.05, 3.63) is 65.0 Å². The second-order valence-electron chi connectivity index (χ2n) is 8.07. The Morgan fingerprint density at radius 2 is 1.81 bits per heavy atom. The monoisotopic (exact) mass is 435 g/mol. The molecule has 0 bridgehead atoms. The molecule has 1 aliphatic heterocycles. The van der Waals surface area contributed by atoms with Crippen LogP contribution in [0.15, 0.2) is 42.7 Å². The molecule has 1 aromatic heterocycles. The lowest BCUT2D eigenvalue weighted by molar-refractivity contribution is -0.145. The van der Waals surface area contributed by atoms with Gasteiger partial charge in [0.1, 0.15) is 18.6 Å². The summed E-state index contributed by atoms with van der Waals surface area (Å²) < 4.78 is 5.46. The average Bonchev–Trinajstić information content (AvgIpc) is 2.77. The molecule has 2 heterocycles. The molecule has 1 aromatic carbocycles. The summed E-state index contributed by atoms with van der Waals surface area (Å²) in [6, 6.07) is 10.0. The van der Waals surface area contributed by atoms with Crippen LogP contribution in [0.1, 0.15) is 28.3 Å². The Labute approximate surface area is 188 Å². The maximum Gasteiger partial charge on any atom is 0.246 e. The lowest BCUT2D eigenvalue weighted by Gasteiger charge is -2.38. The largest absolute Gasteiger partial charge is 0.379 e. The first kappa shape index (κ1) is 23.4. The quantitative estimate of drug-likeness (QED) is 0.629. The zero-order valence-electron chi connectivity index (χ0n) is 18.5. The van der Waals surface area contributed by atoms with Gasteiger partial charge in [0.25, 0.3) is 0 Å². The Morgan fingerprint density at radius 1 is 1.19 bits per heavy atom. The summed E-state index contributed by atoms with van der Waals surface area (Å²) in [4.78, 5) is 33.8. The van der Waals surface area contributed by atoms with Crippen LogP contribution in [-0.4, -0.2) is 65.5 Å². The molecule has 1 fully saturated rings. The van der Waals surface area contributed by atoms with Crippen LogP contribution in [0.2, 0.25) is 0 Å². The Hall–Kier alpha value is -3.28. The minimum Gasteiger partial charge on any atom is -0.379 e. The fourth-order valence-electron chi connectivity index (χ4n) is 4.24. The number of carbonyl (C=O) groups excluding carboxylic acids is 2. The van der Waals surface area contributed by atoms with Crippen LogP contribution in [0.4, 0.5) is 0 Å². The second kappa shape index (κ2) is 10.8. The van der Waals surface area contributed by atoms with Gasteiger partial charge in [0.2, 0.25) is 11.8 Å². The highest BCUT2D eigenvalue weighted by Crippen LogP contribution is 2.26. The number of hydrogen-bond donors (Lipinski definition) is 1. The Bertz CT molecular complexity index is 963. The van der Waals surface area contributed by atoms with Gasteiger partial charge in [-0.1, -0.05) is 29.3 Å². The van der Waals surface area contributed by atoms with E-state index >= 15 is 0 Å². The van der Waals surface area contributed by atoms with E-state index in [1.165, 1.54) is 4.90 Å². The molecule has 2 atom stereocenters. The highest BCUT2D eigenvalue weighted by Gasteiger charge is 2.37. The Kier molecular flexibility index (Phi) is 7.92. The van der Waals surface area contributed by atoms with Crippen LogP contribution < -0.4 is 5.73 Å². The molecule has 8 nitrogen and oxygen atoms in total. The van der Waals surface area contributed by atoms with Crippen molar-refractivity contribution in [1.82, 2.24) is 14.8 Å². The van der Waals surface area contributed by atoms with Crippen molar-refractivity contribution < 1.29 is 14.3 Å². The first-order valence-electron chi connectivity index (χ1n) is 10.7. The molecule has 8 heteroatoms. The second-order valence-corrected chi connectivity index (χ2v) is 8.07. The van der Waals surface area contributed by atoms with E-state index in [-0.39, 0.29) is 18.9 Å². The number of nitrogens with zero attached hydrogens (tertiary/aromatic N) is 4. The average molecular weight is 436 g/mol. The summed E-state index contributed by atoms with van der Waals surface area (Å²) in [6.45, 7) is 5.87. The molecule has 3 rings (SSSR count). The lowest BCUT2D eigenvalue weighted by atomic mass is 9.98. The summed E-state index contributed by atoms with van der Waals surface area (Å²) in [5, 5.41) is 9.49. The number of benzene rings is 1. The van der Waals surface area contributed by atoms with Crippen LogP contribution >= 0.6 is 0 Å². The van der Waals surface area contributed by atoms with Crippen molar-refractivity contribution in [1.29, 1.82) is 5.26 Å². The molecular formula is C24H29N5O3. The number of ether oxygens (including phenoxy) is 1. The first-order chi connectivity index (χ1) is 15.4. The zero-order valence-corrected chi connectivity index (χ0v) is 18.5. The van der Waals surface area contributed by atoms with Crippen LogP contribution in [0.5, 0.6) is 0 Å². The fraction of sp³-hybridized carbons (Fsp3) is 0.417.